The molecule has 0 spiro atoms. The average molecular weight is 434 g/mol. The summed E-state index contributed by atoms with van der Waals surface area (Å²) in [5.41, 5.74) is 4.10. The molecule has 9 nitrogen and oxygen atoms in total. The third-order valence-corrected chi connectivity index (χ3v) is 5.30. The molecule has 2 aromatic heterocycles. The monoisotopic (exact) mass is 434 g/mol. The number of hydrogen-bond acceptors (Lipinski definition) is 8. The Morgan fingerprint density at radius 2 is 1.88 bits per heavy atom. The van der Waals surface area contributed by atoms with Crippen LogP contribution in [-0.2, 0) is 6.54 Å². The summed E-state index contributed by atoms with van der Waals surface area (Å²) in [4.78, 5) is 15.6. The molecule has 164 valence electrons. The van der Waals surface area contributed by atoms with Crippen LogP contribution in [0.4, 0.5) is 11.4 Å². The van der Waals surface area contributed by atoms with Gasteiger partial charge in [-0.15, -0.1) is 0 Å². The zero-order chi connectivity index (χ0) is 22.8. The fourth-order valence-corrected chi connectivity index (χ4v) is 3.70. The van der Waals surface area contributed by atoms with Crippen LogP contribution in [0.25, 0.3) is 22.0 Å². The Kier molecular flexibility index (Phi) is 5.63. The quantitative estimate of drug-likeness (QED) is 0.318. The lowest BCUT2D eigenvalue weighted by Crippen LogP contribution is -2.05. The highest BCUT2D eigenvalue weighted by atomic mass is 16.6. The van der Waals surface area contributed by atoms with E-state index in [0.717, 1.165) is 28.1 Å². The first kappa shape index (κ1) is 21.1. The van der Waals surface area contributed by atoms with Gasteiger partial charge in [0.2, 0.25) is 0 Å². The van der Waals surface area contributed by atoms with Crippen LogP contribution in [0.3, 0.4) is 0 Å². The molecule has 2 heterocycles. The van der Waals surface area contributed by atoms with E-state index in [1.807, 2.05) is 44.2 Å². The summed E-state index contributed by atoms with van der Waals surface area (Å²) < 4.78 is 16.1. The Morgan fingerprint density at radius 1 is 1.12 bits per heavy atom. The number of methoxy groups -OCH3 is 2. The molecular weight excluding hydrogens is 412 g/mol. The molecule has 0 saturated heterocycles. The Hall–Kier alpha value is -4.14. The highest BCUT2D eigenvalue weighted by Gasteiger charge is 2.22. The van der Waals surface area contributed by atoms with E-state index >= 15 is 0 Å². The lowest BCUT2D eigenvalue weighted by Gasteiger charge is -2.14. The number of anilines is 1. The van der Waals surface area contributed by atoms with Gasteiger partial charge in [-0.25, -0.2) is 4.98 Å². The second-order valence-corrected chi connectivity index (χ2v) is 7.25. The van der Waals surface area contributed by atoms with E-state index in [2.05, 4.69) is 15.5 Å². The van der Waals surface area contributed by atoms with Gasteiger partial charge >= 0.3 is 5.69 Å². The molecule has 32 heavy (non-hydrogen) atoms. The first-order valence-corrected chi connectivity index (χ1v) is 9.88. The summed E-state index contributed by atoms with van der Waals surface area (Å²) >= 11 is 0. The van der Waals surface area contributed by atoms with Gasteiger partial charge in [0.1, 0.15) is 29.1 Å². The van der Waals surface area contributed by atoms with Gasteiger partial charge in [-0.05, 0) is 43.7 Å². The van der Waals surface area contributed by atoms with E-state index in [1.54, 1.807) is 20.3 Å². The van der Waals surface area contributed by atoms with Crippen molar-refractivity contribution in [3.63, 3.8) is 0 Å². The zero-order valence-corrected chi connectivity index (χ0v) is 18.1. The van der Waals surface area contributed by atoms with Crippen molar-refractivity contribution in [2.24, 2.45) is 0 Å². The van der Waals surface area contributed by atoms with E-state index in [4.69, 9.17) is 14.0 Å². The van der Waals surface area contributed by atoms with Crippen molar-refractivity contribution in [1.82, 2.24) is 10.1 Å². The Morgan fingerprint density at radius 3 is 2.47 bits per heavy atom. The predicted octanol–water partition coefficient (Wildman–Crippen LogP) is 5.04. The van der Waals surface area contributed by atoms with Gasteiger partial charge in [0, 0.05) is 17.5 Å². The Labute approximate surface area is 184 Å². The molecule has 0 radical (unpaired) electrons. The van der Waals surface area contributed by atoms with Crippen molar-refractivity contribution in [3.8, 4) is 22.6 Å². The van der Waals surface area contributed by atoms with Crippen LogP contribution in [-0.4, -0.2) is 29.3 Å². The van der Waals surface area contributed by atoms with Crippen molar-refractivity contribution in [1.29, 1.82) is 0 Å². The molecule has 0 aliphatic heterocycles. The molecule has 0 aliphatic rings. The fraction of sp³-hybridized carbons (Fsp3) is 0.217. The molecule has 0 aliphatic carbocycles. The molecule has 0 amide bonds. The Balaban J connectivity index is 1.82. The maximum Gasteiger partial charge on any atom is 0.311 e. The topological polar surface area (TPSA) is 113 Å². The number of aryl methyl sites for hydroxylation is 2. The third-order valence-electron chi connectivity index (χ3n) is 5.30. The van der Waals surface area contributed by atoms with Crippen LogP contribution >= 0.6 is 0 Å². The zero-order valence-electron chi connectivity index (χ0n) is 18.1. The first-order valence-electron chi connectivity index (χ1n) is 9.88. The highest BCUT2D eigenvalue weighted by molar-refractivity contribution is 5.99. The molecular formula is C23H22N4O5. The van der Waals surface area contributed by atoms with Gasteiger partial charge in [0.05, 0.1) is 35.9 Å². The van der Waals surface area contributed by atoms with Crippen molar-refractivity contribution >= 4 is 22.3 Å². The number of aromatic nitrogens is 2. The van der Waals surface area contributed by atoms with Crippen LogP contribution in [0.5, 0.6) is 11.5 Å². The van der Waals surface area contributed by atoms with Gasteiger partial charge in [-0.2, -0.15) is 0 Å². The molecule has 4 rings (SSSR count). The van der Waals surface area contributed by atoms with Crippen molar-refractivity contribution in [3.05, 3.63) is 69.7 Å². The highest BCUT2D eigenvalue weighted by Crippen LogP contribution is 2.41. The minimum atomic E-state index is -0.447. The number of hydrogen-bond donors (Lipinski definition) is 1. The van der Waals surface area contributed by atoms with E-state index in [9.17, 15) is 10.1 Å². The smallest absolute Gasteiger partial charge is 0.311 e. The minimum absolute atomic E-state index is 0.113. The molecule has 0 atom stereocenters. The second-order valence-electron chi connectivity index (χ2n) is 7.25. The van der Waals surface area contributed by atoms with E-state index in [1.165, 1.54) is 6.20 Å². The first-order chi connectivity index (χ1) is 15.4. The summed E-state index contributed by atoms with van der Waals surface area (Å²) in [5, 5.41) is 19.5. The normalized spacial score (nSPS) is 10.9. The van der Waals surface area contributed by atoms with Crippen LogP contribution in [0, 0.1) is 24.0 Å². The van der Waals surface area contributed by atoms with Gasteiger partial charge < -0.3 is 19.3 Å². The van der Waals surface area contributed by atoms with Gasteiger partial charge in [0.15, 0.2) is 0 Å². The second kappa shape index (κ2) is 8.54. The van der Waals surface area contributed by atoms with E-state index in [0.29, 0.717) is 34.6 Å². The molecule has 0 bridgehead atoms. The number of rotatable bonds is 7. The molecule has 1 N–H and O–H groups in total. The standard InChI is InChI=1S/C23H22N4O5/c1-13-22(14(2)32-26-13)18-9-19-17(10-21(18)31-4)23(20(12-24-19)27(28)29)25-11-15-5-7-16(30-3)8-6-15/h5-10,12H,11H2,1-4H3,(H,24,25). The number of fused-ring (bicyclic) bond motifs is 1. The summed E-state index contributed by atoms with van der Waals surface area (Å²) in [6.45, 7) is 4.06. The number of benzene rings is 2. The van der Waals surface area contributed by atoms with Crippen LogP contribution in [0.15, 0.2) is 47.1 Å². The summed E-state index contributed by atoms with van der Waals surface area (Å²) in [6.07, 6.45) is 1.27. The van der Waals surface area contributed by atoms with Crippen LogP contribution in [0.2, 0.25) is 0 Å². The third kappa shape index (κ3) is 3.80. The van der Waals surface area contributed by atoms with Gasteiger partial charge in [0.25, 0.3) is 0 Å². The molecule has 0 saturated carbocycles. The van der Waals surface area contributed by atoms with Crippen LogP contribution < -0.4 is 14.8 Å². The van der Waals surface area contributed by atoms with Crippen molar-refractivity contribution in [2.75, 3.05) is 19.5 Å². The lowest BCUT2D eigenvalue weighted by molar-refractivity contribution is -0.384. The predicted molar refractivity (Wildman–Crippen MR) is 120 cm³/mol. The van der Waals surface area contributed by atoms with Crippen molar-refractivity contribution < 1.29 is 18.9 Å². The summed E-state index contributed by atoms with van der Waals surface area (Å²) in [6, 6.07) is 11.1. The maximum absolute atomic E-state index is 11.7. The molecule has 9 heteroatoms. The fourth-order valence-electron chi connectivity index (χ4n) is 3.70. The number of nitrogens with zero attached hydrogens (tertiary/aromatic N) is 3. The maximum atomic E-state index is 11.7. The van der Waals surface area contributed by atoms with E-state index < -0.39 is 4.92 Å². The Bertz CT molecular complexity index is 1280. The molecule has 0 fully saturated rings. The number of nitrogens with one attached hydrogen (secondary N) is 1. The molecule has 2 aromatic carbocycles. The molecule has 0 unspecified atom stereocenters. The largest absolute Gasteiger partial charge is 0.497 e. The summed E-state index contributed by atoms with van der Waals surface area (Å²) in [5.74, 6) is 1.94. The number of pyridine rings is 1. The van der Waals surface area contributed by atoms with Crippen LogP contribution in [0.1, 0.15) is 17.0 Å². The lowest BCUT2D eigenvalue weighted by atomic mass is 10.00. The minimum Gasteiger partial charge on any atom is -0.497 e. The van der Waals surface area contributed by atoms with Crippen molar-refractivity contribution in [2.45, 2.75) is 20.4 Å². The van der Waals surface area contributed by atoms with E-state index in [-0.39, 0.29) is 5.69 Å². The molecule has 4 aromatic rings. The number of ether oxygens (including phenoxy) is 2. The summed E-state index contributed by atoms with van der Waals surface area (Å²) in [7, 11) is 3.15. The van der Waals surface area contributed by atoms with Gasteiger partial charge in [-0.1, -0.05) is 17.3 Å². The average Bonchev–Trinajstić information content (AvgIpc) is 3.14. The van der Waals surface area contributed by atoms with Gasteiger partial charge in [-0.3, -0.25) is 10.1 Å². The number of nitro groups is 1. The SMILES string of the molecule is COc1ccc(CNc2c([N+](=O)[O-])cnc3cc(-c4c(C)noc4C)c(OC)cc23)cc1.